The highest BCUT2D eigenvalue weighted by Crippen LogP contribution is 2.37. The largest absolute Gasteiger partial charge is 0.478 e. The molecule has 2 heterocycles. The van der Waals surface area contributed by atoms with Crippen LogP contribution < -0.4 is 4.90 Å². The summed E-state index contributed by atoms with van der Waals surface area (Å²) in [7, 11) is 0. The molecular weight excluding hydrogens is 444 g/mol. The minimum Gasteiger partial charge on any atom is -0.478 e. The van der Waals surface area contributed by atoms with Gasteiger partial charge in [-0.25, -0.2) is 4.79 Å². The number of aromatic nitrogens is 1. The van der Waals surface area contributed by atoms with Gasteiger partial charge in [0, 0.05) is 24.6 Å². The van der Waals surface area contributed by atoms with Crippen molar-refractivity contribution in [1.82, 2.24) is 4.98 Å². The van der Waals surface area contributed by atoms with E-state index in [4.69, 9.17) is 4.74 Å². The van der Waals surface area contributed by atoms with E-state index in [0.29, 0.717) is 29.8 Å². The molecule has 0 saturated carbocycles. The molecule has 0 bridgehead atoms. The highest BCUT2D eigenvalue weighted by Gasteiger charge is 2.38. The van der Waals surface area contributed by atoms with E-state index in [9.17, 15) is 19.5 Å². The van der Waals surface area contributed by atoms with Gasteiger partial charge in [-0.05, 0) is 80.1 Å². The quantitative estimate of drug-likeness (QED) is 0.418. The van der Waals surface area contributed by atoms with Crippen molar-refractivity contribution in [2.24, 2.45) is 5.92 Å². The van der Waals surface area contributed by atoms with Gasteiger partial charge in [0.1, 0.15) is 11.5 Å². The van der Waals surface area contributed by atoms with Gasteiger partial charge < -0.3 is 14.7 Å². The summed E-state index contributed by atoms with van der Waals surface area (Å²) in [6.45, 7) is 5.59. The summed E-state index contributed by atoms with van der Waals surface area (Å²) in [6, 6.07) is 16.3. The summed E-state index contributed by atoms with van der Waals surface area (Å²) in [4.78, 5) is 44.6. The Labute approximate surface area is 204 Å². The Balaban J connectivity index is 1.74. The zero-order chi connectivity index (χ0) is 25.2. The molecule has 1 N–H and O–H groups in total. The number of nitrogens with zero attached hydrogens (tertiary/aromatic N) is 2. The summed E-state index contributed by atoms with van der Waals surface area (Å²) in [5.41, 5.74) is 2.81. The minimum atomic E-state index is -1.06. The Morgan fingerprint density at radius 3 is 2.34 bits per heavy atom. The molecule has 2 aromatic carbocycles. The number of rotatable bonds is 6. The van der Waals surface area contributed by atoms with Crippen molar-refractivity contribution in [1.29, 1.82) is 0 Å². The molecule has 1 aliphatic rings. The van der Waals surface area contributed by atoms with Crippen molar-refractivity contribution in [3.63, 3.8) is 0 Å². The molecule has 0 spiro atoms. The minimum absolute atomic E-state index is 0.154. The Morgan fingerprint density at radius 2 is 1.71 bits per heavy atom. The number of hydrogen-bond acceptors (Lipinski definition) is 5. The fourth-order valence-electron chi connectivity index (χ4n) is 4.32. The number of carboxylic acids is 1. The van der Waals surface area contributed by atoms with Crippen LogP contribution in [0.5, 0.6) is 0 Å². The number of benzene rings is 2. The number of fused-ring (bicyclic) bond motifs is 1. The van der Waals surface area contributed by atoms with Gasteiger partial charge in [-0.3, -0.25) is 14.6 Å². The first-order valence-electron chi connectivity index (χ1n) is 11.5. The number of esters is 1. The van der Waals surface area contributed by atoms with Crippen molar-refractivity contribution in [3.8, 4) is 11.1 Å². The first-order chi connectivity index (χ1) is 16.6. The van der Waals surface area contributed by atoms with Crippen molar-refractivity contribution in [3.05, 3.63) is 83.7 Å². The number of carbonyl (C=O) groups excluding carboxylic acids is 2. The van der Waals surface area contributed by atoms with Crippen molar-refractivity contribution < 1.29 is 24.2 Å². The summed E-state index contributed by atoms with van der Waals surface area (Å²) in [6.07, 6.45) is 3.84. The van der Waals surface area contributed by atoms with Crippen LogP contribution in [0.3, 0.4) is 0 Å². The Morgan fingerprint density at radius 1 is 1.03 bits per heavy atom. The van der Waals surface area contributed by atoms with E-state index in [1.165, 1.54) is 4.90 Å². The van der Waals surface area contributed by atoms with Gasteiger partial charge in [0.05, 0.1) is 5.56 Å². The molecule has 0 aliphatic carbocycles. The van der Waals surface area contributed by atoms with Crippen LogP contribution in [0.2, 0.25) is 0 Å². The van der Waals surface area contributed by atoms with E-state index in [1.807, 2.05) is 36.4 Å². The van der Waals surface area contributed by atoms with Crippen LogP contribution >= 0.6 is 0 Å². The molecule has 180 valence electrons. The van der Waals surface area contributed by atoms with Gasteiger partial charge in [-0.15, -0.1) is 0 Å². The molecule has 1 atom stereocenters. The fourth-order valence-corrected chi connectivity index (χ4v) is 4.32. The number of hydrogen-bond donors (Lipinski definition) is 1. The molecule has 7 heteroatoms. The molecule has 0 fully saturated rings. The SMILES string of the molecule is CC(C)(C)OC(=O)C(Cc1ccccc1)C(=O)N1CCc2c(C(=O)O)cc(-c3ccncc3)cc21. The normalized spacial score (nSPS) is 13.7. The number of ether oxygens (including phenoxy) is 1. The van der Waals surface area contributed by atoms with E-state index >= 15 is 0 Å². The smallest absolute Gasteiger partial charge is 0.336 e. The molecule has 1 aliphatic heterocycles. The molecule has 3 aromatic rings. The summed E-state index contributed by atoms with van der Waals surface area (Å²) < 4.78 is 5.61. The predicted octanol–water partition coefficient (Wildman–Crippen LogP) is 4.54. The third kappa shape index (κ3) is 5.40. The average molecular weight is 473 g/mol. The lowest BCUT2D eigenvalue weighted by Crippen LogP contribution is -2.42. The van der Waals surface area contributed by atoms with E-state index < -0.39 is 29.4 Å². The third-order valence-corrected chi connectivity index (χ3v) is 5.88. The van der Waals surface area contributed by atoms with E-state index in [-0.39, 0.29) is 12.0 Å². The second kappa shape index (κ2) is 9.70. The lowest BCUT2D eigenvalue weighted by Gasteiger charge is -2.27. The van der Waals surface area contributed by atoms with E-state index in [1.54, 1.807) is 51.4 Å². The van der Waals surface area contributed by atoms with E-state index in [0.717, 1.165) is 11.1 Å². The lowest BCUT2D eigenvalue weighted by molar-refractivity contribution is -0.162. The zero-order valence-electron chi connectivity index (χ0n) is 20.0. The number of amides is 1. The van der Waals surface area contributed by atoms with Gasteiger partial charge in [0.2, 0.25) is 5.91 Å². The van der Waals surface area contributed by atoms with Gasteiger partial charge in [0.25, 0.3) is 0 Å². The standard InChI is InChI=1S/C28H28N2O5/c1-28(2,3)35-27(34)23(15-18-7-5-4-6-8-18)25(31)30-14-11-21-22(26(32)33)16-20(17-24(21)30)19-9-12-29-13-10-19/h4-10,12-13,16-17,23H,11,14-15H2,1-3H3,(H,32,33). The van der Waals surface area contributed by atoms with Crippen LogP contribution in [0.4, 0.5) is 5.69 Å². The molecule has 0 radical (unpaired) electrons. The molecule has 4 rings (SSSR count). The fraction of sp³-hybridized carbons (Fsp3) is 0.286. The van der Waals surface area contributed by atoms with Crippen LogP contribution in [-0.4, -0.2) is 40.1 Å². The van der Waals surface area contributed by atoms with Gasteiger partial charge >= 0.3 is 11.9 Å². The van der Waals surface area contributed by atoms with Crippen LogP contribution in [0.15, 0.2) is 67.0 Å². The topological polar surface area (TPSA) is 96.8 Å². The average Bonchev–Trinajstić information content (AvgIpc) is 3.25. The molecule has 1 amide bonds. The highest BCUT2D eigenvalue weighted by atomic mass is 16.6. The zero-order valence-corrected chi connectivity index (χ0v) is 20.0. The maximum absolute atomic E-state index is 13.8. The maximum Gasteiger partial charge on any atom is 0.336 e. The second-order valence-corrected chi connectivity index (χ2v) is 9.58. The Kier molecular flexibility index (Phi) is 6.69. The summed E-state index contributed by atoms with van der Waals surface area (Å²) in [5.74, 6) is -3.10. The molecule has 7 nitrogen and oxygen atoms in total. The Hall–Kier alpha value is -4.00. The molecular formula is C28H28N2O5. The van der Waals surface area contributed by atoms with Crippen LogP contribution in [0.25, 0.3) is 11.1 Å². The van der Waals surface area contributed by atoms with E-state index in [2.05, 4.69) is 4.98 Å². The first kappa shape index (κ1) is 24.1. The third-order valence-electron chi connectivity index (χ3n) is 5.88. The highest BCUT2D eigenvalue weighted by molar-refractivity contribution is 6.09. The molecule has 35 heavy (non-hydrogen) atoms. The second-order valence-electron chi connectivity index (χ2n) is 9.58. The number of aromatic carboxylic acids is 1. The van der Waals surface area contributed by atoms with Crippen molar-refractivity contribution in [2.45, 2.75) is 39.2 Å². The van der Waals surface area contributed by atoms with Crippen LogP contribution in [0.1, 0.15) is 42.3 Å². The van der Waals surface area contributed by atoms with Crippen molar-refractivity contribution in [2.75, 3.05) is 11.4 Å². The monoisotopic (exact) mass is 472 g/mol. The molecule has 1 aromatic heterocycles. The number of carboxylic acid groups (broad SMARTS) is 1. The van der Waals surface area contributed by atoms with Crippen LogP contribution in [0, 0.1) is 5.92 Å². The molecule has 0 saturated heterocycles. The predicted molar refractivity (Wildman–Crippen MR) is 132 cm³/mol. The number of carbonyl (C=O) groups is 3. The maximum atomic E-state index is 13.8. The summed E-state index contributed by atoms with van der Waals surface area (Å²) in [5, 5.41) is 9.88. The van der Waals surface area contributed by atoms with Crippen LogP contribution in [-0.2, 0) is 27.2 Å². The number of pyridine rings is 1. The first-order valence-corrected chi connectivity index (χ1v) is 11.5. The van der Waals surface area contributed by atoms with Gasteiger partial charge in [0.15, 0.2) is 0 Å². The van der Waals surface area contributed by atoms with Gasteiger partial charge in [-0.2, -0.15) is 0 Å². The van der Waals surface area contributed by atoms with Crippen molar-refractivity contribution >= 4 is 23.5 Å². The molecule has 1 unspecified atom stereocenters. The number of anilines is 1. The summed E-state index contributed by atoms with van der Waals surface area (Å²) >= 11 is 0. The lowest BCUT2D eigenvalue weighted by atomic mass is 9.96. The Bertz CT molecular complexity index is 1250. The van der Waals surface area contributed by atoms with Gasteiger partial charge in [-0.1, -0.05) is 30.3 Å².